The summed E-state index contributed by atoms with van der Waals surface area (Å²) in [6.45, 7) is 0. The predicted molar refractivity (Wildman–Crippen MR) is 80.9 cm³/mol. The van der Waals surface area contributed by atoms with Gasteiger partial charge in [0.05, 0.1) is 7.11 Å². The minimum Gasteiger partial charge on any atom is -0.466 e. The van der Waals surface area contributed by atoms with Crippen molar-refractivity contribution in [1.82, 2.24) is 4.57 Å². The van der Waals surface area contributed by atoms with Crippen LogP contribution >= 0.6 is 0 Å². The summed E-state index contributed by atoms with van der Waals surface area (Å²) in [5, 5.41) is 2.82. The summed E-state index contributed by atoms with van der Waals surface area (Å²) in [7, 11) is 3.13. The first-order valence-electron chi connectivity index (χ1n) is 6.39. The first-order valence-corrected chi connectivity index (χ1v) is 6.39. The zero-order chi connectivity index (χ0) is 15.2. The van der Waals surface area contributed by atoms with Crippen LogP contribution in [0.3, 0.4) is 0 Å². The molecule has 1 aromatic carbocycles. The molecular formula is C16H16N2O3. The lowest BCUT2D eigenvalue weighted by Crippen LogP contribution is -2.15. The molecule has 2 aromatic rings. The van der Waals surface area contributed by atoms with E-state index in [0.717, 1.165) is 5.56 Å². The molecule has 5 nitrogen and oxygen atoms in total. The number of aromatic nitrogens is 1. The van der Waals surface area contributed by atoms with Gasteiger partial charge in [-0.3, -0.25) is 4.79 Å². The van der Waals surface area contributed by atoms with Gasteiger partial charge in [0, 0.05) is 25.0 Å². The fourth-order valence-corrected chi connectivity index (χ4v) is 1.84. The molecule has 1 N–H and O–H groups in total. The highest BCUT2D eigenvalue weighted by molar-refractivity contribution is 6.03. The van der Waals surface area contributed by atoms with Crippen molar-refractivity contribution in [2.45, 2.75) is 0 Å². The van der Waals surface area contributed by atoms with Crippen LogP contribution in [-0.4, -0.2) is 23.6 Å². The third-order valence-electron chi connectivity index (χ3n) is 2.93. The van der Waals surface area contributed by atoms with E-state index in [2.05, 4.69) is 10.1 Å². The Hall–Kier alpha value is -2.82. The SMILES string of the molecule is COC(=O)C=Cc1cccc(NC(=O)c2cccn2C)c1. The van der Waals surface area contributed by atoms with Gasteiger partial charge in [-0.2, -0.15) is 0 Å². The molecule has 0 aliphatic heterocycles. The maximum absolute atomic E-state index is 12.1. The van der Waals surface area contributed by atoms with Crippen LogP contribution in [0.5, 0.6) is 0 Å². The van der Waals surface area contributed by atoms with E-state index in [1.807, 2.05) is 25.4 Å². The fraction of sp³-hybridized carbons (Fsp3) is 0.125. The number of nitrogens with zero attached hydrogens (tertiary/aromatic N) is 1. The zero-order valence-electron chi connectivity index (χ0n) is 11.9. The van der Waals surface area contributed by atoms with Crippen LogP contribution in [0.1, 0.15) is 16.1 Å². The molecule has 0 radical (unpaired) electrons. The van der Waals surface area contributed by atoms with Crippen LogP contribution in [0.25, 0.3) is 6.08 Å². The maximum Gasteiger partial charge on any atom is 0.330 e. The molecule has 0 saturated carbocycles. The van der Waals surface area contributed by atoms with Crippen molar-refractivity contribution >= 4 is 23.6 Å². The van der Waals surface area contributed by atoms with E-state index in [4.69, 9.17) is 0 Å². The van der Waals surface area contributed by atoms with Crippen LogP contribution in [-0.2, 0) is 16.6 Å². The summed E-state index contributed by atoms with van der Waals surface area (Å²) in [6, 6.07) is 10.8. The molecule has 0 atom stereocenters. The first kappa shape index (κ1) is 14.6. The number of ether oxygens (including phenoxy) is 1. The second-order valence-electron chi connectivity index (χ2n) is 4.44. The largest absolute Gasteiger partial charge is 0.466 e. The number of anilines is 1. The Bertz CT molecular complexity index is 686. The number of hydrogen-bond donors (Lipinski definition) is 1. The number of aryl methyl sites for hydroxylation is 1. The Labute approximate surface area is 122 Å². The van der Waals surface area contributed by atoms with Gasteiger partial charge in [0.15, 0.2) is 0 Å². The van der Waals surface area contributed by atoms with Crippen molar-refractivity contribution < 1.29 is 14.3 Å². The molecule has 0 spiro atoms. The molecule has 0 fully saturated rings. The second kappa shape index (κ2) is 6.56. The lowest BCUT2D eigenvalue weighted by molar-refractivity contribution is -0.134. The summed E-state index contributed by atoms with van der Waals surface area (Å²) in [4.78, 5) is 23.2. The van der Waals surface area contributed by atoms with E-state index in [1.165, 1.54) is 13.2 Å². The van der Waals surface area contributed by atoms with Crippen molar-refractivity contribution in [3.63, 3.8) is 0 Å². The molecule has 0 saturated heterocycles. The summed E-state index contributed by atoms with van der Waals surface area (Å²) >= 11 is 0. The number of amides is 1. The van der Waals surface area contributed by atoms with Gasteiger partial charge in [-0.05, 0) is 35.9 Å². The molecule has 1 heterocycles. The summed E-state index contributed by atoms with van der Waals surface area (Å²) in [6.07, 6.45) is 4.77. The highest BCUT2D eigenvalue weighted by Crippen LogP contribution is 2.13. The third kappa shape index (κ3) is 3.82. The first-order chi connectivity index (χ1) is 10.1. The smallest absolute Gasteiger partial charge is 0.330 e. The molecule has 0 aliphatic carbocycles. The molecule has 5 heteroatoms. The topological polar surface area (TPSA) is 60.3 Å². The van der Waals surface area contributed by atoms with Crippen molar-refractivity contribution in [2.24, 2.45) is 7.05 Å². The van der Waals surface area contributed by atoms with Gasteiger partial charge in [0.2, 0.25) is 0 Å². The molecular weight excluding hydrogens is 268 g/mol. The highest BCUT2D eigenvalue weighted by atomic mass is 16.5. The number of rotatable bonds is 4. The number of benzene rings is 1. The number of hydrogen-bond acceptors (Lipinski definition) is 3. The Kier molecular flexibility index (Phi) is 4.56. The third-order valence-corrected chi connectivity index (χ3v) is 2.93. The van der Waals surface area contributed by atoms with Crippen LogP contribution in [0.4, 0.5) is 5.69 Å². The standard InChI is InChI=1S/C16H16N2O3/c1-18-10-4-7-14(18)16(20)17-13-6-3-5-12(11-13)8-9-15(19)21-2/h3-11H,1-2H3,(H,17,20). The lowest BCUT2D eigenvalue weighted by Gasteiger charge is -2.06. The van der Waals surface area contributed by atoms with Gasteiger partial charge in [0.25, 0.3) is 5.91 Å². The van der Waals surface area contributed by atoms with Crippen molar-refractivity contribution in [3.05, 3.63) is 59.9 Å². The van der Waals surface area contributed by atoms with E-state index in [9.17, 15) is 9.59 Å². The number of nitrogens with one attached hydrogen (secondary N) is 1. The van der Waals surface area contributed by atoms with Gasteiger partial charge < -0.3 is 14.6 Å². The average molecular weight is 284 g/mol. The molecule has 1 aromatic heterocycles. The summed E-state index contributed by atoms with van der Waals surface area (Å²) in [5.74, 6) is -0.607. The van der Waals surface area contributed by atoms with Crippen LogP contribution < -0.4 is 5.32 Å². The van der Waals surface area contributed by atoms with Crippen molar-refractivity contribution in [3.8, 4) is 0 Å². The number of esters is 1. The molecule has 21 heavy (non-hydrogen) atoms. The Morgan fingerprint density at radius 2 is 2.05 bits per heavy atom. The fourth-order valence-electron chi connectivity index (χ4n) is 1.84. The number of carbonyl (C=O) groups excluding carboxylic acids is 2. The predicted octanol–water partition coefficient (Wildman–Crippen LogP) is 2.46. The van der Waals surface area contributed by atoms with Crippen LogP contribution in [0, 0.1) is 0 Å². The molecule has 0 bridgehead atoms. The Morgan fingerprint density at radius 3 is 2.71 bits per heavy atom. The van der Waals surface area contributed by atoms with Crippen LogP contribution in [0.2, 0.25) is 0 Å². The van der Waals surface area contributed by atoms with E-state index < -0.39 is 5.97 Å². The lowest BCUT2D eigenvalue weighted by atomic mass is 10.2. The molecule has 108 valence electrons. The monoisotopic (exact) mass is 284 g/mol. The second-order valence-corrected chi connectivity index (χ2v) is 4.44. The van der Waals surface area contributed by atoms with Gasteiger partial charge >= 0.3 is 5.97 Å². The Balaban J connectivity index is 2.11. The van der Waals surface area contributed by atoms with E-state index in [1.54, 1.807) is 34.9 Å². The molecule has 1 amide bonds. The van der Waals surface area contributed by atoms with E-state index >= 15 is 0 Å². The highest BCUT2D eigenvalue weighted by Gasteiger charge is 2.08. The van der Waals surface area contributed by atoms with Crippen molar-refractivity contribution in [1.29, 1.82) is 0 Å². The van der Waals surface area contributed by atoms with Crippen molar-refractivity contribution in [2.75, 3.05) is 12.4 Å². The summed E-state index contributed by atoms with van der Waals surface area (Å²) < 4.78 is 6.28. The zero-order valence-corrected chi connectivity index (χ0v) is 11.9. The van der Waals surface area contributed by atoms with E-state index in [-0.39, 0.29) is 5.91 Å². The Morgan fingerprint density at radius 1 is 1.24 bits per heavy atom. The van der Waals surface area contributed by atoms with Crippen LogP contribution in [0.15, 0.2) is 48.7 Å². The molecule has 0 aliphatic rings. The quantitative estimate of drug-likeness (QED) is 0.693. The molecule has 0 unspecified atom stereocenters. The van der Waals surface area contributed by atoms with E-state index in [0.29, 0.717) is 11.4 Å². The number of carbonyl (C=O) groups is 2. The normalized spacial score (nSPS) is 10.6. The summed E-state index contributed by atoms with van der Waals surface area (Å²) in [5.41, 5.74) is 2.03. The van der Waals surface area contributed by atoms with Gasteiger partial charge in [0.1, 0.15) is 5.69 Å². The van der Waals surface area contributed by atoms with Gasteiger partial charge in [-0.25, -0.2) is 4.79 Å². The van der Waals surface area contributed by atoms with Gasteiger partial charge in [-0.15, -0.1) is 0 Å². The molecule has 2 rings (SSSR count). The minimum atomic E-state index is -0.423. The minimum absolute atomic E-state index is 0.184. The number of methoxy groups -OCH3 is 1. The maximum atomic E-state index is 12.1. The average Bonchev–Trinajstić information content (AvgIpc) is 2.91. The van der Waals surface area contributed by atoms with Gasteiger partial charge in [-0.1, -0.05) is 12.1 Å².